The maximum atomic E-state index is 5.69. The van der Waals surface area contributed by atoms with E-state index in [1.54, 1.807) is 0 Å². The van der Waals surface area contributed by atoms with Gasteiger partial charge in [-0.2, -0.15) is 0 Å². The Bertz CT molecular complexity index is 475. The van der Waals surface area contributed by atoms with E-state index >= 15 is 0 Å². The molecule has 0 atom stereocenters. The van der Waals surface area contributed by atoms with Crippen LogP contribution < -0.4 is 10.6 Å². The lowest BCUT2D eigenvalue weighted by Gasteiger charge is -2.12. The summed E-state index contributed by atoms with van der Waals surface area (Å²) in [6.07, 6.45) is 5.84. The number of guanidine groups is 1. The van der Waals surface area contributed by atoms with Crippen LogP contribution >= 0.6 is 0 Å². The van der Waals surface area contributed by atoms with Crippen LogP contribution in [0.4, 0.5) is 0 Å². The van der Waals surface area contributed by atoms with Gasteiger partial charge in [0.05, 0.1) is 6.61 Å². The molecule has 1 saturated carbocycles. The Morgan fingerprint density at radius 3 is 2.44 bits per heavy atom. The standard InChI is InChI=1S/C20H33N3O2/c1-21-20(23-13-7-15-25-17-19-10-11-19)22-12-5-6-14-24-16-18-8-3-2-4-9-18/h2-4,8-9,19H,5-7,10-17H2,1H3,(H2,21,22,23). The van der Waals surface area contributed by atoms with Crippen molar-refractivity contribution in [2.75, 3.05) is 40.0 Å². The van der Waals surface area contributed by atoms with Crippen LogP contribution in [0, 0.1) is 5.92 Å². The van der Waals surface area contributed by atoms with Crippen molar-refractivity contribution in [2.45, 2.75) is 38.7 Å². The lowest BCUT2D eigenvalue weighted by molar-refractivity contribution is 0.117. The van der Waals surface area contributed by atoms with Crippen LogP contribution in [0.15, 0.2) is 35.3 Å². The van der Waals surface area contributed by atoms with Crippen LogP contribution in [-0.2, 0) is 16.1 Å². The van der Waals surface area contributed by atoms with E-state index in [-0.39, 0.29) is 0 Å². The molecule has 1 fully saturated rings. The molecule has 1 aliphatic carbocycles. The van der Waals surface area contributed by atoms with E-state index in [0.29, 0.717) is 6.61 Å². The fourth-order valence-electron chi connectivity index (χ4n) is 2.44. The normalized spacial score (nSPS) is 14.5. The number of rotatable bonds is 13. The third kappa shape index (κ3) is 10.1. The van der Waals surface area contributed by atoms with Crippen molar-refractivity contribution < 1.29 is 9.47 Å². The minimum Gasteiger partial charge on any atom is -0.381 e. The SMILES string of the molecule is CN=C(NCCCCOCc1ccccc1)NCCCOCC1CC1. The molecule has 0 amide bonds. The lowest BCUT2D eigenvalue weighted by atomic mass is 10.2. The summed E-state index contributed by atoms with van der Waals surface area (Å²) in [4.78, 5) is 4.24. The summed E-state index contributed by atoms with van der Waals surface area (Å²) in [7, 11) is 1.81. The Balaban J connectivity index is 1.37. The molecule has 1 aromatic carbocycles. The molecular formula is C20H33N3O2. The first-order valence-electron chi connectivity index (χ1n) is 9.52. The summed E-state index contributed by atoms with van der Waals surface area (Å²) in [6.45, 7) is 5.07. The molecular weight excluding hydrogens is 314 g/mol. The Morgan fingerprint density at radius 1 is 1.00 bits per heavy atom. The summed E-state index contributed by atoms with van der Waals surface area (Å²) in [6, 6.07) is 10.3. The molecule has 1 aromatic rings. The van der Waals surface area contributed by atoms with Crippen molar-refractivity contribution in [3.8, 4) is 0 Å². The highest BCUT2D eigenvalue weighted by Gasteiger charge is 2.20. The van der Waals surface area contributed by atoms with Crippen molar-refractivity contribution >= 4 is 5.96 Å². The number of ether oxygens (including phenoxy) is 2. The quantitative estimate of drug-likeness (QED) is 0.327. The molecule has 2 rings (SSSR count). The Morgan fingerprint density at radius 2 is 1.72 bits per heavy atom. The van der Waals surface area contributed by atoms with Crippen molar-refractivity contribution in [2.24, 2.45) is 10.9 Å². The van der Waals surface area contributed by atoms with E-state index in [0.717, 1.165) is 64.1 Å². The highest BCUT2D eigenvalue weighted by atomic mass is 16.5. The predicted octanol–water partition coefficient (Wildman–Crippen LogP) is 2.97. The number of hydrogen-bond acceptors (Lipinski definition) is 3. The van der Waals surface area contributed by atoms with Gasteiger partial charge in [0.15, 0.2) is 5.96 Å². The number of nitrogens with zero attached hydrogens (tertiary/aromatic N) is 1. The Hall–Kier alpha value is -1.59. The summed E-state index contributed by atoms with van der Waals surface area (Å²) >= 11 is 0. The van der Waals surface area contributed by atoms with Crippen LogP contribution in [0.5, 0.6) is 0 Å². The summed E-state index contributed by atoms with van der Waals surface area (Å²) in [5.74, 6) is 1.71. The topological polar surface area (TPSA) is 54.9 Å². The third-order valence-electron chi connectivity index (χ3n) is 4.15. The van der Waals surface area contributed by atoms with E-state index in [1.807, 2.05) is 25.2 Å². The van der Waals surface area contributed by atoms with Gasteiger partial charge in [-0.25, -0.2) is 0 Å². The third-order valence-corrected chi connectivity index (χ3v) is 4.15. The zero-order valence-corrected chi connectivity index (χ0v) is 15.5. The molecule has 5 nitrogen and oxygen atoms in total. The second-order valence-corrected chi connectivity index (χ2v) is 6.54. The second-order valence-electron chi connectivity index (χ2n) is 6.54. The molecule has 140 valence electrons. The summed E-state index contributed by atoms with van der Waals surface area (Å²) in [5, 5.41) is 6.66. The lowest BCUT2D eigenvalue weighted by Crippen LogP contribution is -2.38. The average molecular weight is 348 g/mol. The number of hydrogen-bond donors (Lipinski definition) is 2. The molecule has 25 heavy (non-hydrogen) atoms. The number of benzene rings is 1. The van der Waals surface area contributed by atoms with Crippen LogP contribution in [0.3, 0.4) is 0 Å². The number of unbranched alkanes of at least 4 members (excludes halogenated alkanes) is 1. The molecule has 0 heterocycles. The van der Waals surface area contributed by atoms with Gasteiger partial charge in [0.25, 0.3) is 0 Å². The van der Waals surface area contributed by atoms with Crippen LogP contribution in [-0.4, -0.2) is 45.9 Å². The highest BCUT2D eigenvalue weighted by molar-refractivity contribution is 5.79. The van der Waals surface area contributed by atoms with Crippen molar-refractivity contribution in [3.63, 3.8) is 0 Å². The molecule has 0 bridgehead atoms. The zero-order chi connectivity index (χ0) is 17.6. The van der Waals surface area contributed by atoms with E-state index in [1.165, 1.54) is 18.4 Å². The number of aliphatic imine (C=N–C) groups is 1. The van der Waals surface area contributed by atoms with Crippen molar-refractivity contribution in [1.82, 2.24) is 10.6 Å². The van der Waals surface area contributed by atoms with Gasteiger partial charge in [0, 0.05) is 40.0 Å². The van der Waals surface area contributed by atoms with Crippen LogP contribution in [0.25, 0.3) is 0 Å². The van der Waals surface area contributed by atoms with E-state index in [2.05, 4.69) is 27.8 Å². The molecule has 0 saturated heterocycles. The molecule has 0 aliphatic heterocycles. The largest absolute Gasteiger partial charge is 0.381 e. The molecule has 0 unspecified atom stereocenters. The first-order chi connectivity index (χ1) is 12.4. The minimum absolute atomic E-state index is 0.695. The number of nitrogens with one attached hydrogen (secondary N) is 2. The van der Waals surface area contributed by atoms with E-state index < -0.39 is 0 Å². The van der Waals surface area contributed by atoms with Gasteiger partial charge in [-0.15, -0.1) is 0 Å². The Kier molecular flexibility index (Phi) is 10.0. The Labute approximate surface area is 152 Å². The van der Waals surface area contributed by atoms with Gasteiger partial charge >= 0.3 is 0 Å². The average Bonchev–Trinajstić information content (AvgIpc) is 3.47. The first-order valence-corrected chi connectivity index (χ1v) is 9.52. The van der Waals surface area contributed by atoms with Crippen LogP contribution in [0.2, 0.25) is 0 Å². The molecule has 5 heteroatoms. The second kappa shape index (κ2) is 12.7. The zero-order valence-electron chi connectivity index (χ0n) is 15.5. The fourth-order valence-corrected chi connectivity index (χ4v) is 2.44. The van der Waals surface area contributed by atoms with E-state index in [9.17, 15) is 0 Å². The van der Waals surface area contributed by atoms with Gasteiger partial charge < -0.3 is 20.1 Å². The summed E-state index contributed by atoms with van der Waals surface area (Å²) < 4.78 is 11.3. The molecule has 0 radical (unpaired) electrons. The van der Waals surface area contributed by atoms with Gasteiger partial charge in [-0.1, -0.05) is 30.3 Å². The molecule has 1 aliphatic rings. The molecule has 0 spiro atoms. The predicted molar refractivity (Wildman–Crippen MR) is 103 cm³/mol. The van der Waals surface area contributed by atoms with Gasteiger partial charge in [-0.3, -0.25) is 4.99 Å². The summed E-state index contributed by atoms with van der Waals surface area (Å²) in [5.41, 5.74) is 1.23. The maximum Gasteiger partial charge on any atom is 0.190 e. The smallest absolute Gasteiger partial charge is 0.190 e. The van der Waals surface area contributed by atoms with Gasteiger partial charge in [-0.05, 0) is 43.6 Å². The van der Waals surface area contributed by atoms with Gasteiger partial charge in [0.2, 0.25) is 0 Å². The minimum atomic E-state index is 0.695. The molecule has 2 N–H and O–H groups in total. The first kappa shape index (κ1) is 19.7. The van der Waals surface area contributed by atoms with Gasteiger partial charge in [0.1, 0.15) is 0 Å². The maximum absolute atomic E-state index is 5.69. The van der Waals surface area contributed by atoms with Crippen molar-refractivity contribution in [3.05, 3.63) is 35.9 Å². The van der Waals surface area contributed by atoms with Crippen molar-refractivity contribution in [1.29, 1.82) is 0 Å². The fraction of sp³-hybridized carbons (Fsp3) is 0.650. The van der Waals surface area contributed by atoms with Crippen LogP contribution in [0.1, 0.15) is 37.7 Å². The monoisotopic (exact) mass is 347 g/mol. The molecule has 0 aromatic heterocycles. The highest BCUT2D eigenvalue weighted by Crippen LogP contribution is 2.28. The van der Waals surface area contributed by atoms with E-state index in [4.69, 9.17) is 9.47 Å².